The largest absolute Gasteiger partial charge is 0.348 e. The number of imidazole rings is 1. The van der Waals surface area contributed by atoms with Crippen molar-refractivity contribution in [3.8, 4) is 11.3 Å². The van der Waals surface area contributed by atoms with Crippen molar-refractivity contribution in [2.75, 3.05) is 0 Å². The minimum absolute atomic E-state index is 0.0762. The molecule has 18 heavy (non-hydrogen) atoms. The summed E-state index contributed by atoms with van der Waals surface area (Å²) in [7, 11) is 0. The van der Waals surface area contributed by atoms with Crippen LogP contribution >= 0.6 is 23.2 Å². The summed E-state index contributed by atoms with van der Waals surface area (Å²) in [4.78, 5) is 15.7. The van der Waals surface area contributed by atoms with E-state index in [1.54, 1.807) is 0 Å². The van der Waals surface area contributed by atoms with Crippen molar-refractivity contribution in [3.63, 3.8) is 0 Å². The third-order valence-corrected chi connectivity index (χ3v) is 3.22. The first-order valence-electron chi connectivity index (χ1n) is 5.06. The molecule has 7 heteroatoms. The van der Waals surface area contributed by atoms with Gasteiger partial charge in [0.05, 0.1) is 0 Å². The predicted octanol–water partition coefficient (Wildman–Crippen LogP) is 2.39. The van der Waals surface area contributed by atoms with E-state index in [1.807, 2.05) is 30.3 Å². The number of hydrogen-bond acceptors (Lipinski definition) is 3. The van der Waals surface area contributed by atoms with E-state index in [0.717, 1.165) is 5.56 Å². The number of rotatable bonds is 1. The lowest BCUT2D eigenvalue weighted by Gasteiger charge is -2.01. The summed E-state index contributed by atoms with van der Waals surface area (Å²) in [5, 5.41) is 6.52. The average molecular weight is 281 g/mol. The van der Waals surface area contributed by atoms with Crippen molar-refractivity contribution in [2.24, 2.45) is 0 Å². The van der Waals surface area contributed by atoms with Crippen LogP contribution in [0.3, 0.4) is 0 Å². The zero-order chi connectivity index (χ0) is 12.7. The fraction of sp³-hybridized carbons (Fsp3) is 0. The standard InChI is InChI=1S/C11H6Cl2N4O/c12-8-9(13)17-10(14-8)7(15-16-11(17)18)6-4-2-1-3-5-6/h1-5H,(H,16,18). The molecule has 0 bridgehead atoms. The number of fused-ring (bicyclic) bond motifs is 1. The van der Waals surface area contributed by atoms with E-state index in [-0.39, 0.29) is 10.3 Å². The number of hydrogen-bond donors (Lipinski definition) is 1. The van der Waals surface area contributed by atoms with Crippen LogP contribution < -0.4 is 5.69 Å². The fourth-order valence-corrected chi connectivity index (χ4v) is 2.08. The molecule has 1 N–H and O–H groups in total. The van der Waals surface area contributed by atoms with Crippen molar-refractivity contribution in [1.82, 2.24) is 19.6 Å². The van der Waals surface area contributed by atoms with E-state index < -0.39 is 5.69 Å². The second-order valence-electron chi connectivity index (χ2n) is 3.60. The van der Waals surface area contributed by atoms with Gasteiger partial charge in [0.15, 0.2) is 16.0 Å². The number of aromatic nitrogens is 4. The molecule has 0 saturated heterocycles. The predicted molar refractivity (Wildman–Crippen MR) is 69.1 cm³/mol. The first-order valence-corrected chi connectivity index (χ1v) is 5.81. The summed E-state index contributed by atoms with van der Waals surface area (Å²) >= 11 is 11.8. The van der Waals surface area contributed by atoms with Gasteiger partial charge in [-0.2, -0.15) is 5.10 Å². The molecule has 0 fully saturated rings. The molecule has 0 unspecified atom stereocenters. The van der Waals surface area contributed by atoms with Gasteiger partial charge in [0.1, 0.15) is 5.69 Å². The normalized spacial score (nSPS) is 11.0. The highest BCUT2D eigenvalue weighted by Crippen LogP contribution is 2.26. The van der Waals surface area contributed by atoms with Crippen LogP contribution in [0.2, 0.25) is 10.3 Å². The summed E-state index contributed by atoms with van der Waals surface area (Å²) in [6, 6.07) is 9.34. The van der Waals surface area contributed by atoms with Crippen molar-refractivity contribution in [1.29, 1.82) is 0 Å². The lowest BCUT2D eigenvalue weighted by Crippen LogP contribution is -2.18. The monoisotopic (exact) mass is 280 g/mol. The van der Waals surface area contributed by atoms with E-state index in [4.69, 9.17) is 23.2 Å². The molecule has 0 spiro atoms. The third-order valence-electron chi connectivity index (χ3n) is 2.51. The van der Waals surface area contributed by atoms with Crippen LogP contribution in [0.5, 0.6) is 0 Å². The average Bonchev–Trinajstić information content (AvgIpc) is 2.68. The van der Waals surface area contributed by atoms with E-state index in [1.165, 1.54) is 4.40 Å². The number of aromatic amines is 1. The highest BCUT2D eigenvalue weighted by atomic mass is 35.5. The lowest BCUT2D eigenvalue weighted by atomic mass is 10.2. The van der Waals surface area contributed by atoms with Gasteiger partial charge in [-0.3, -0.25) is 0 Å². The van der Waals surface area contributed by atoms with E-state index in [2.05, 4.69) is 15.2 Å². The molecule has 0 saturated carbocycles. The Labute approximate surface area is 111 Å². The van der Waals surface area contributed by atoms with Gasteiger partial charge in [-0.25, -0.2) is 19.3 Å². The maximum Gasteiger partial charge on any atom is 0.348 e. The van der Waals surface area contributed by atoms with Gasteiger partial charge in [-0.15, -0.1) is 0 Å². The molecule has 0 atom stereocenters. The van der Waals surface area contributed by atoms with Gasteiger partial charge < -0.3 is 0 Å². The zero-order valence-electron chi connectivity index (χ0n) is 8.89. The van der Waals surface area contributed by atoms with Gasteiger partial charge in [0.2, 0.25) is 0 Å². The molecule has 90 valence electrons. The molecular formula is C11H6Cl2N4O. The number of nitrogens with zero attached hydrogens (tertiary/aromatic N) is 3. The van der Waals surface area contributed by atoms with Crippen LogP contribution in [0.15, 0.2) is 35.1 Å². The molecular weight excluding hydrogens is 275 g/mol. The van der Waals surface area contributed by atoms with Gasteiger partial charge >= 0.3 is 5.69 Å². The van der Waals surface area contributed by atoms with E-state index >= 15 is 0 Å². The van der Waals surface area contributed by atoms with Crippen molar-refractivity contribution in [2.45, 2.75) is 0 Å². The molecule has 2 heterocycles. The highest BCUT2D eigenvalue weighted by Gasteiger charge is 2.16. The Balaban J connectivity index is 2.43. The second kappa shape index (κ2) is 4.12. The Bertz CT molecular complexity index is 779. The minimum Gasteiger partial charge on any atom is -0.246 e. The summed E-state index contributed by atoms with van der Waals surface area (Å²) < 4.78 is 1.19. The maximum atomic E-state index is 11.7. The summed E-state index contributed by atoms with van der Waals surface area (Å²) in [6.45, 7) is 0. The van der Waals surface area contributed by atoms with Crippen LogP contribution in [-0.2, 0) is 0 Å². The van der Waals surface area contributed by atoms with Crippen LogP contribution in [0.4, 0.5) is 0 Å². The molecule has 0 aliphatic rings. The van der Waals surface area contributed by atoms with Crippen LogP contribution in [0.25, 0.3) is 16.9 Å². The second-order valence-corrected chi connectivity index (χ2v) is 4.31. The molecule has 0 radical (unpaired) electrons. The van der Waals surface area contributed by atoms with E-state index in [0.29, 0.717) is 11.3 Å². The summed E-state index contributed by atoms with van der Waals surface area (Å²) in [6.07, 6.45) is 0. The van der Waals surface area contributed by atoms with Gasteiger partial charge in [0, 0.05) is 5.56 Å². The van der Waals surface area contributed by atoms with Gasteiger partial charge in [-0.1, -0.05) is 53.5 Å². The number of H-pyrrole nitrogens is 1. The Morgan fingerprint density at radius 2 is 1.89 bits per heavy atom. The lowest BCUT2D eigenvalue weighted by molar-refractivity contribution is 0.891. The van der Waals surface area contributed by atoms with Crippen LogP contribution in [-0.4, -0.2) is 19.6 Å². The molecule has 0 aliphatic heterocycles. The molecule has 0 amide bonds. The van der Waals surface area contributed by atoms with Gasteiger partial charge in [-0.05, 0) is 0 Å². The molecule has 5 nitrogen and oxygen atoms in total. The molecule has 0 aliphatic carbocycles. The smallest absolute Gasteiger partial charge is 0.246 e. The Hall–Kier alpha value is -1.85. The van der Waals surface area contributed by atoms with Crippen LogP contribution in [0.1, 0.15) is 0 Å². The van der Waals surface area contributed by atoms with E-state index in [9.17, 15) is 4.79 Å². The Kier molecular flexibility index (Phi) is 2.57. The molecule has 1 aromatic carbocycles. The summed E-state index contributed by atoms with van der Waals surface area (Å²) in [5.74, 6) is 0. The first kappa shape index (κ1) is 11.3. The number of halogens is 2. The van der Waals surface area contributed by atoms with Crippen molar-refractivity contribution >= 4 is 28.8 Å². The highest BCUT2D eigenvalue weighted by molar-refractivity contribution is 6.41. The minimum atomic E-state index is -0.478. The fourth-order valence-electron chi connectivity index (χ4n) is 1.71. The third kappa shape index (κ3) is 1.60. The SMILES string of the molecule is O=c1[nH]nc(-c2ccccc2)c2nc(Cl)c(Cl)n12. The summed E-state index contributed by atoms with van der Waals surface area (Å²) in [5.41, 5.74) is 1.19. The maximum absolute atomic E-state index is 11.7. The zero-order valence-corrected chi connectivity index (χ0v) is 10.4. The Morgan fingerprint density at radius 3 is 2.61 bits per heavy atom. The van der Waals surface area contributed by atoms with Crippen molar-refractivity contribution < 1.29 is 0 Å². The molecule has 2 aromatic heterocycles. The number of nitrogens with one attached hydrogen (secondary N) is 1. The topological polar surface area (TPSA) is 63.0 Å². The number of benzene rings is 1. The van der Waals surface area contributed by atoms with Crippen molar-refractivity contribution in [3.05, 3.63) is 51.1 Å². The first-order chi connectivity index (χ1) is 8.68. The van der Waals surface area contributed by atoms with Crippen LogP contribution in [0, 0.1) is 0 Å². The quantitative estimate of drug-likeness (QED) is 0.745. The Morgan fingerprint density at radius 1 is 1.17 bits per heavy atom. The molecule has 3 aromatic rings. The van der Waals surface area contributed by atoms with Gasteiger partial charge in [0.25, 0.3) is 0 Å². The molecule has 3 rings (SSSR count).